The molecule has 1 aliphatic carbocycles. The van der Waals surface area contributed by atoms with E-state index in [9.17, 15) is 4.79 Å². The second-order valence-corrected chi connectivity index (χ2v) is 5.91. The lowest BCUT2D eigenvalue weighted by molar-refractivity contribution is -0.118. The van der Waals surface area contributed by atoms with E-state index in [4.69, 9.17) is 17.0 Å². The predicted octanol–water partition coefficient (Wildman–Crippen LogP) is 4.11. The van der Waals surface area contributed by atoms with Crippen molar-refractivity contribution in [1.29, 1.82) is 0 Å². The summed E-state index contributed by atoms with van der Waals surface area (Å²) in [6, 6.07) is 8.07. The minimum atomic E-state index is -0.207. The molecule has 0 fully saturated rings. The highest BCUT2D eigenvalue weighted by Crippen LogP contribution is 2.38. The zero-order valence-corrected chi connectivity index (χ0v) is 13.2. The third-order valence-electron chi connectivity index (χ3n) is 3.84. The molecule has 1 aliphatic rings. The van der Waals surface area contributed by atoms with Crippen LogP contribution in [0.5, 0.6) is 0 Å². The van der Waals surface area contributed by atoms with Gasteiger partial charge in [0.25, 0.3) is 0 Å². The molecule has 0 aliphatic heterocycles. The van der Waals surface area contributed by atoms with Crippen molar-refractivity contribution < 1.29 is 9.53 Å². The lowest BCUT2D eigenvalue weighted by Gasteiger charge is -2.19. The predicted molar refractivity (Wildman–Crippen MR) is 85.7 cm³/mol. The summed E-state index contributed by atoms with van der Waals surface area (Å²) in [5.41, 5.74) is 3.96. The molecule has 2 nitrogen and oxygen atoms in total. The molecule has 0 N–H and O–H groups in total. The minimum absolute atomic E-state index is 0.121. The Labute approximate surface area is 125 Å². The van der Waals surface area contributed by atoms with E-state index in [1.54, 1.807) is 6.92 Å². The third kappa shape index (κ3) is 2.68. The summed E-state index contributed by atoms with van der Waals surface area (Å²) in [4.78, 5) is 12.6. The molecule has 20 heavy (non-hydrogen) atoms. The molecule has 0 heterocycles. The molecule has 2 rings (SSSR count). The van der Waals surface area contributed by atoms with Gasteiger partial charge in [0.2, 0.25) is 0 Å². The smallest absolute Gasteiger partial charge is 0.170 e. The van der Waals surface area contributed by atoms with Crippen molar-refractivity contribution in [2.24, 2.45) is 5.92 Å². The van der Waals surface area contributed by atoms with E-state index in [0.717, 1.165) is 23.1 Å². The van der Waals surface area contributed by atoms with Crippen LogP contribution in [0.1, 0.15) is 38.3 Å². The van der Waals surface area contributed by atoms with Gasteiger partial charge in [0, 0.05) is 12.5 Å². The summed E-state index contributed by atoms with van der Waals surface area (Å²) in [5, 5.41) is 0.491. The Morgan fingerprint density at radius 3 is 2.35 bits per heavy atom. The van der Waals surface area contributed by atoms with Gasteiger partial charge < -0.3 is 4.74 Å². The van der Waals surface area contributed by atoms with E-state index in [2.05, 4.69) is 0 Å². The number of hydrogen-bond donors (Lipinski definition) is 0. The maximum absolute atomic E-state index is 12.6. The Hall–Kier alpha value is -1.48. The second kappa shape index (κ2) is 5.88. The molecule has 1 aromatic carbocycles. The lowest BCUT2D eigenvalue weighted by atomic mass is 9.96. The van der Waals surface area contributed by atoms with Gasteiger partial charge in [-0.05, 0) is 43.6 Å². The molecule has 1 aromatic rings. The first-order valence-electron chi connectivity index (χ1n) is 6.95. The van der Waals surface area contributed by atoms with Crippen molar-refractivity contribution in [3.8, 4) is 0 Å². The number of Topliss-reactive ketones (excluding diaryl/α,β-unsaturated/α-hetero) is 1. The zero-order chi connectivity index (χ0) is 14.9. The molecule has 0 aromatic heterocycles. The average molecular weight is 288 g/mol. The maximum Gasteiger partial charge on any atom is 0.170 e. The van der Waals surface area contributed by atoms with Crippen LogP contribution in [0.25, 0.3) is 5.57 Å². The number of allylic oxidation sites excluding steroid dienone is 1. The summed E-state index contributed by atoms with van der Waals surface area (Å²) in [6.45, 7) is 7.79. The molecular weight excluding hydrogens is 268 g/mol. The van der Waals surface area contributed by atoms with Crippen LogP contribution in [0.2, 0.25) is 0 Å². The van der Waals surface area contributed by atoms with E-state index < -0.39 is 0 Å². The van der Waals surface area contributed by atoms with Gasteiger partial charge in [-0.2, -0.15) is 0 Å². The van der Waals surface area contributed by atoms with Crippen molar-refractivity contribution in [1.82, 2.24) is 0 Å². The first kappa shape index (κ1) is 14.9. The topological polar surface area (TPSA) is 26.3 Å². The van der Waals surface area contributed by atoms with E-state index >= 15 is 0 Å². The number of hydrogen-bond acceptors (Lipinski definition) is 3. The first-order chi connectivity index (χ1) is 9.45. The molecule has 2 unspecified atom stereocenters. The first-order valence-corrected chi connectivity index (χ1v) is 7.35. The molecule has 106 valence electrons. The van der Waals surface area contributed by atoms with Crippen molar-refractivity contribution >= 4 is 28.6 Å². The number of ketones is 1. The van der Waals surface area contributed by atoms with Crippen LogP contribution in [0.15, 0.2) is 29.8 Å². The molecule has 0 amide bonds. The van der Waals surface area contributed by atoms with Gasteiger partial charge in [-0.3, -0.25) is 4.79 Å². The quantitative estimate of drug-likeness (QED) is 0.783. The highest BCUT2D eigenvalue weighted by atomic mass is 32.1. The summed E-state index contributed by atoms with van der Waals surface area (Å²) in [5.74, 6) is 0.0549. The SMILES string of the molecule is CCC1C(=O)C(c2ccc(C)cc2)=C(C)C1OC(C)=S. The fourth-order valence-electron chi connectivity index (χ4n) is 2.80. The van der Waals surface area contributed by atoms with Crippen LogP contribution in [-0.2, 0) is 9.53 Å². The number of rotatable bonds is 3. The standard InChI is InChI=1S/C17H20O2S/c1-5-14-16(18)15(11(3)17(14)19-12(4)20)13-8-6-10(2)7-9-13/h6-9,14,17H,5H2,1-4H3. The number of carbonyl (C=O) groups is 1. The molecule has 2 atom stereocenters. The Morgan fingerprint density at radius 1 is 1.25 bits per heavy atom. The minimum Gasteiger partial charge on any atom is -0.479 e. The van der Waals surface area contributed by atoms with Crippen molar-refractivity contribution in [3.05, 3.63) is 41.0 Å². The summed E-state index contributed by atoms with van der Waals surface area (Å²) in [6.07, 6.45) is 0.556. The fourth-order valence-corrected chi connectivity index (χ4v) is 2.90. The van der Waals surface area contributed by atoms with Crippen LogP contribution >= 0.6 is 12.2 Å². The number of thiocarbonyl (C=S) groups is 1. The number of carbonyl (C=O) groups excluding carboxylic acids is 1. The van der Waals surface area contributed by atoms with Crippen molar-refractivity contribution in [3.63, 3.8) is 0 Å². The second-order valence-electron chi connectivity index (χ2n) is 5.33. The van der Waals surface area contributed by atoms with Crippen LogP contribution < -0.4 is 0 Å². The summed E-state index contributed by atoms with van der Waals surface area (Å²) >= 11 is 5.04. The van der Waals surface area contributed by atoms with Crippen molar-refractivity contribution in [2.45, 2.75) is 40.2 Å². The van der Waals surface area contributed by atoms with Crippen LogP contribution in [0.4, 0.5) is 0 Å². The van der Waals surface area contributed by atoms with Gasteiger partial charge in [-0.25, -0.2) is 0 Å². The normalized spacial score (nSPS) is 22.3. The van der Waals surface area contributed by atoms with Gasteiger partial charge >= 0.3 is 0 Å². The lowest BCUT2D eigenvalue weighted by Crippen LogP contribution is -2.26. The Kier molecular flexibility index (Phi) is 4.39. The molecule has 0 bridgehead atoms. The molecular formula is C17H20O2S. The van der Waals surface area contributed by atoms with Crippen molar-refractivity contribution in [2.75, 3.05) is 0 Å². The largest absolute Gasteiger partial charge is 0.479 e. The van der Waals surface area contributed by atoms with E-state index in [-0.39, 0.29) is 17.8 Å². The van der Waals surface area contributed by atoms with Gasteiger partial charge in [-0.15, -0.1) is 0 Å². The summed E-state index contributed by atoms with van der Waals surface area (Å²) < 4.78 is 5.73. The Bertz CT molecular complexity index is 569. The number of benzene rings is 1. The van der Waals surface area contributed by atoms with Crippen LogP contribution in [0, 0.1) is 12.8 Å². The fraction of sp³-hybridized carbons (Fsp3) is 0.412. The third-order valence-corrected chi connectivity index (χ3v) is 3.94. The van der Waals surface area contributed by atoms with Crippen LogP contribution in [-0.4, -0.2) is 16.9 Å². The maximum atomic E-state index is 12.6. The Balaban J connectivity index is 2.44. The average Bonchev–Trinajstić information content (AvgIpc) is 2.62. The van der Waals surface area contributed by atoms with Crippen LogP contribution in [0.3, 0.4) is 0 Å². The summed E-state index contributed by atoms with van der Waals surface area (Å²) in [7, 11) is 0. The highest BCUT2D eigenvalue weighted by Gasteiger charge is 2.40. The van der Waals surface area contributed by atoms with Gasteiger partial charge in [-0.1, -0.05) is 36.8 Å². The molecule has 3 heteroatoms. The van der Waals surface area contributed by atoms with E-state index in [0.29, 0.717) is 5.05 Å². The van der Waals surface area contributed by atoms with E-state index in [1.807, 2.05) is 45.0 Å². The highest BCUT2D eigenvalue weighted by molar-refractivity contribution is 7.80. The molecule has 0 spiro atoms. The van der Waals surface area contributed by atoms with Gasteiger partial charge in [0.15, 0.2) is 10.8 Å². The molecule has 0 saturated carbocycles. The molecule has 0 radical (unpaired) electrons. The van der Waals surface area contributed by atoms with Gasteiger partial charge in [0.05, 0.1) is 5.92 Å². The number of aryl methyl sites for hydroxylation is 1. The monoisotopic (exact) mass is 288 g/mol. The number of ether oxygens (including phenoxy) is 1. The zero-order valence-electron chi connectivity index (χ0n) is 12.4. The van der Waals surface area contributed by atoms with E-state index in [1.165, 1.54) is 5.56 Å². The van der Waals surface area contributed by atoms with Gasteiger partial charge in [0.1, 0.15) is 6.10 Å². The Morgan fingerprint density at radius 2 is 1.85 bits per heavy atom. The molecule has 0 saturated heterocycles.